The second-order valence-corrected chi connectivity index (χ2v) is 9.27. The Morgan fingerprint density at radius 2 is 1.83 bits per heavy atom. The number of rotatable bonds is 5. The molecule has 3 aromatic rings. The van der Waals surface area contributed by atoms with Gasteiger partial charge in [0, 0.05) is 17.3 Å². The van der Waals surface area contributed by atoms with Crippen molar-refractivity contribution in [3.63, 3.8) is 0 Å². The van der Waals surface area contributed by atoms with Crippen molar-refractivity contribution in [2.75, 3.05) is 34.4 Å². The highest BCUT2D eigenvalue weighted by molar-refractivity contribution is 7.18. The van der Waals surface area contributed by atoms with Crippen LogP contribution in [0.25, 0.3) is 10.2 Å². The highest BCUT2D eigenvalue weighted by Gasteiger charge is 2.25. The van der Waals surface area contributed by atoms with Crippen LogP contribution >= 0.6 is 11.3 Å². The number of methoxy groups -OCH3 is 2. The summed E-state index contributed by atoms with van der Waals surface area (Å²) in [4.78, 5) is 23.0. The lowest BCUT2D eigenvalue weighted by Crippen LogP contribution is -2.37. The number of piperidine rings is 1. The maximum absolute atomic E-state index is 13.6. The maximum atomic E-state index is 13.6. The molecule has 6 nitrogen and oxygen atoms in total. The molecule has 1 saturated heterocycles. The molecule has 4 rings (SSSR count). The molecule has 3 heterocycles. The highest BCUT2D eigenvalue weighted by atomic mass is 32.1. The van der Waals surface area contributed by atoms with E-state index in [4.69, 9.17) is 14.5 Å². The summed E-state index contributed by atoms with van der Waals surface area (Å²) in [5.41, 5.74) is 2.21. The molecule has 1 fully saturated rings. The topological polar surface area (TPSA) is 56.6 Å². The largest absolute Gasteiger partial charge is 0.493 e. The summed E-state index contributed by atoms with van der Waals surface area (Å²) >= 11 is 1.61. The first-order valence-corrected chi connectivity index (χ1v) is 11.1. The second-order valence-electron chi connectivity index (χ2n) is 8.07. The van der Waals surface area contributed by atoms with Crippen LogP contribution in [0.5, 0.6) is 11.5 Å². The van der Waals surface area contributed by atoms with Crippen molar-refractivity contribution < 1.29 is 9.47 Å². The Kier molecular flexibility index (Phi) is 5.84. The molecule has 0 bridgehead atoms. The molecule has 1 aromatic carbocycles. The molecular weight excluding hydrogens is 398 g/mol. The van der Waals surface area contributed by atoms with E-state index >= 15 is 0 Å². The van der Waals surface area contributed by atoms with Gasteiger partial charge in [-0.3, -0.25) is 9.36 Å². The van der Waals surface area contributed by atoms with Gasteiger partial charge < -0.3 is 14.4 Å². The van der Waals surface area contributed by atoms with Gasteiger partial charge in [0.1, 0.15) is 10.7 Å². The van der Waals surface area contributed by atoms with E-state index < -0.39 is 0 Å². The Balaban J connectivity index is 1.83. The van der Waals surface area contributed by atoms with Crippen LogP contribution in [0.15, 0.2) is 23.0 Å². The Morgan fingerprint density at radius 1 is 1.13 bits per heavy atom. The number of likely N-dealkylation sites (tertiary alicyclic amines) is 1. The first-order valence-electron chi connectivity index (χ1n) is 10.3. The average Bonchev–Trinajstić information content (AvgIpc) is 3.02. The zero-order valence-electron chi connectivity index (χ0n) is 18.3. The van der Waals surface area contributed by atoms with Crippen LogP contribution in [0.1, 0.15) is 40.7 Å². The van der Waals surface area contributed by atoms with Gasteiger partial charge in [-0.25, -0.2) is 4.98 Å². The number of aromatic nitrogens is 2. The highest BCUT2D eigenvalue weighted by Crippen LogP contribution is 2.31. The van der Waals surface area contributed by atoms with Crippen LogP contribution in [0.3, 0.4) is 0 Å². The number of thiophene rings is 1. The minimum absolute atomic E-state index is 0.104. The third-order valence-electron chi connectivity index (χ3n) is 6.17. The van der Waals surface area contributed by atoms with Gasteiger partial charge in [0.25, 0.3) is 5.56 Å². The zero-order chi connectivity index (χ0) is 21.4. The van der Waals surface area contributed by atoms with Crippen molar-refractivity contribution in [2.45, 2.75) is 39.2 Å². The molecule has 0 radical (unpaired) electrons. The van der Waals surface area contributed by atoms with E-state index in [0.717, 1.165) is 58.0 Å². The zero-order valence-corrected chi connectivity index (χ0v) is 19.1. The third kappa shape index (κ3) is 3.72. The van der Waals surface area contributed by atoms with Gasteiger partial charge in [0.2, 0.25) is 0 Å². The van der Waals surface area contributed by atoms with E-state index in [-0.39, 0.29) is 11.6 Å². The van der Waals surface area contributed by atoms with Gasteiger partial charge in [0.15, 0.2) is 11.5 Å². The number of ether oxygens (including phenoxy) is 2. The molecule has 0 unspecified atom stereocenters. The Bertz CT molecular complexity index is 1130. The van der Waals surface area contributed by atoms with Crippen molar-refractivity contribution in [2.24, 2.45) is 0 Å². The van der Waals surface area contributed by atoms with Crippen LogP contribution in [-0.2, 0) is 6.42 Å². The normalized spacial score (nSPS) is 15.6. The first kappa shape index (κ1) is 20.9. The van der Waals surface area contributed by atoms with Crippen LogP contribution in [-0.4, -0.2) is 48.8 Å². The smallest absolute Gasteiger partial charge is 0.262 e. The minimum atomic E-state index is 0.104. The Morgan fingerprint density at radius 3 is 2.50 bits per heavy atom. The Labute approximate surface area is 181 Å². The van der Waals surface area contributed by atoms with Crippen molar-refractivity contribution >= 4 is 21.6 Å². The number of aryl methyl sites for hydroxylation is 2. The number of hydrogen-bond donors (Lipinski definition) is 0. The van der Waals surface area contributed by atoms with E-state index in [9.17, 15) is 4.79 Å². The molecule has 0 N–H and O–H groups in total. The summed E-state index contributed by atoms with van der Waals surface area (Å²) in [7, 11) is 5.40. The van der Waals surface area contributed by atoms with Crippen molar-refractivity contribution in [3.8, 4) is 11.5 Å². The number of fused-ring (bicyclic) bond motifs is 1. The minimum Gasteiger partial charge on any atom is -0.493 e. The fourth-order valence-electron chi connectivity index (χ4n) is 4.28. The van der Waals surface area contributed by atoms with Gasteiger partial charge in [-0.05, 0) is 70.1 Å². The first-order chi connectivity index (χ1) is 14.4. The molecule has 1 aliphatic rings. The van der Waals surface area contributed by atoms with E-state index in [1.54, 1.807) is 25.6 Å². The predicted molar refractivity (Wildman–Crippen MR) is 121 cm³/mol. The van der Waals surface area contributed by atoms with E-state index in [1.807, 2.05) is 29.7 Å². The number of nitrogens with zero attached hydrogens (tertiary/aromatic N) is 3. The van der Waals surface area contributed by atoms with Crippen molar-refractivity contribution in [1.82, 2.24) is 14.5 Å². The van der Waals surface area contributed by atoms with Crippen LogP contribution < -0.4 is 15.0 Å². The molecule has 2 aromatic heterocycles. The quantitative estimate of drug-likeness (QED) is 0.617. The van der Waals surface area contributed by atoms with Crippen LogP contribution in [0.2, 0.25) is 0 Å². The number of benzene rings is 1. The van der Waals surface area contributed by atoms with Crippen molar-refractivity contribution in [3.05, 3.63) is 50.4 Å². The lowest BCUT2D eigenvalue weighted by atomic mass is 10.0. The molecule has 7 heteroatoms. The van der Waals surface area contributed by atoms with Gasteiger partial charge in [-0.15, -0.1) is 11.3 Å². The summed E-state index contributed by atoms with van der Waals surface area (Å²) < 4.78 is 12.8. The van der Waals surface area contributed by atoms with E-state index in [1.165, 1.54) is 0 Å². The fourth-order valence-corrected chi connectivity index (χ4v) is 5.31. The average molecular weight is 428 g/mol. The second kappa shape index (κ2) is 8.40. The number of hydrogen-bond acceptors (Lipinski definition) is 6. The lowest BCUT2D eigenvalue weighted by molar-refractivity contribution is 0.216. The SMILES string of the molecule is COc1ccc(Cc2nc3sc(C)c(C)c3c(=O)n2C2CCN(C)CC2)cc1OC. The summed E-state index contributed by atoms with van der Waals surface area (Å²) in [5, 5.41) is 0.785. The van der Waals surface area contributed by atoms with E-state index in [0.29, 0.717) is 17.9 Å². The van der Waals surface area contributed by atoms with Crippen LogP contribution in [0.4, 0.5) is 0 Å². The molecular formula is C23H29N3O3S. The maximum Gasteiger partial charge on any atom is 0.262 e. The molecule has 30 heavy (non-hydrogen) atoms. The predicted octanol–water partition coefficient (Wildman–Crippen LogP) is 3.95. The van der Waals surface area contributed by atoms with Gasteiger partial charge in [0.05, 0.1) is 19.6 Å². The molecule has 1 aliphatic heterocycles. The molecule has 160 valence electrons. The fraction of sp³-hybridized carbons (Fsp3) is 0.478. The summed E-state index contributed by atoms with van der Waals surface area (Å²) in [6, 6.07) is 6.07. The summed E-state index contributed by atoms with van der Waals surface area (Å²) in [5.74, 6) is 2.21. The summed E-state index contributed by atoms with van der Waals surface area (Å²) in [6.07, 6.45) is 2.50. The Hall–Kier alpha value is -2.38. The molecule has 0 spiro atoms. The van der Waals surface area contributed by atoms with Gasteiger partial charge >= 0.3 is 0 Å². The van der Waals surface area contributed by atoms with Gasteiger partial charge in [-0.1, -0.05) is 6.07 Å². The molecule has 0 aliphatic carbocycles. The molecule has 0 amide bonds. The third-order valence-corrected chi connectivity index (χ3v) is 7.27. The summed E-state index contributed by atoms with van der Waals surface area (Å²) in [6.45, 7) is 6.08. The van der Waals surface area contributed by atoms with Crippen molar-refractivity contribution in [1.29, 1.82) is 0 Å². The molecule has 0 atom stereocenters. The standard InChI is InChI=1S/C23H29N3O3S/c1-14-15(2)30-22-21(14)23(27)26(17-8-10-25(3)11-9-17)20(24-22)13-16-6-7-18(28-4)19(12-16)29-5/h6-7,12,17H,8-11,13H2,1-5H3. The van der Waals surface area contributed by atoms with E-state index in [2.05, 4.69) is 18.9 Å². The van der Waals surface area contributed by atoms with Gasteiger partial charge in [-0.2, -0.15) is 0 Å². The monoisotopic (exact) mass is 427 g/mol. The lowest BCUT2D eigenvalue weighted by Gasteiger charge is -2.31. The molecule has 0 saturated carbocycles. The van der Waals surface area contributed by atoms with Crippen LogP contribution in [0, 0.1) is 13.8 Å².